The van der Waals surface area contributed by atoms with Crippen LogP contribution in [0.4, 0.5) is 0 Å². The molecular weight excluding hydrogens is 288 g/mol. The van der Waals surface area contributed by atoms with Crippen molar-refractivity contribution in [2.24, 2.45) is 0 Å². The minimum atomic E-state index is -0.0169. The topological polar surface area (TPSA) is 73.0 Å². The average molecular weight is 306 g/mol. The van der Waals surface area contributed by atoms with Gasteiger partial charge in [0.15, 0.2) is 11.0 Å². The summed E-state index contributed by atoms with van der Waals surface area (Å²) >= 11 is 1.36. The molecule has 6 nitrogen and oxygen atoms in total. The third kappa shape index (κ3) is 3.55. The number of hydrogen-bond donors (Lipinski definition) is 1. The van der Waals surface area contributed by atoms with E-state index in [1.165, 1.54) is 11.8 Å². The molecule has 1 amide bonds. The first-order valence-electron chi connectivity index (χ1n) is 6.65. The third-order valence-corrected chi connectivity index (χ3v) is 3.80. The maximum absolute atomic E-state index is 11.6. The minimum Gasteiger partial charge on any atom is -0.469 e. The number of nitrogens with one attached hydrogen (secondary N) is 1. The van der Waals surface area contributed by atoms with Crippen LogP contribution in [0.15, 0.2) is 34.6 Å². The molecule has 2 aromatic heterocycles. The molecule has 0 bridgehead atoms. The summed E-state index contributed by atoms with van der Waals surface area (Å²) in [6, 6.07) is 1.86. The highest BCUT2D eigenvalue weighted by Crippen LogP contribution is 2.26. The molecule has 0 fully saturated rings. The summed E-state index contributed by atoms with van der Waals surface area (Å²) in [6.45, 7) is 8.73. The van der Waals surface area contributed by atoms with Crippen LogP contribution in [-0.2, 0) is 11.3 Å². The van der Waals surface area contributed by atoms with Gasteiger partial charge in [-0.2, -0.15) is 0 Å². The summed E-state index contributed by atoms with van der Waals surface area (Å²) in [4.78, 5) is 11.6. The lowest BCUT2D eigenvalue weighted by molar-refractivity contribution is -0.118. The molecule has 0 aliphatic rings. The molecule has 0 radical (unpaired) electrons. The minimum absolute atomic E-state index is 0.0169. The molecule has 0 aliphatic heterocycles. The van der Waals surface area contributed by atoms with Crippen molar-refractivity contribution < 1.29 is 9.21 Å². The maximum Gasteiger partial charge on any atom is 0.230 e. The third-order valence-electron chi connectivity index (χ3n) is 2.83. The van der Waals surface area contributed by atoms with Gasteiger partial charge in [0.05, 0.1) is 17.6 Å². The van der Waals surface area contributed by atoms with Gasteiger partial charge >= 0.3 is 0 Å². The van der Waals surface area contributed by atoms with E-state index in [4.69, 9.17) is 4.42 Å². The first-order chi connectivity index (χ1) is 10.2. The predicted octanol–water partition coefficient (Wildman–Crippen LogP) is 2.26. The molecule has 0 atom stereocenters. The van der Waals surface area contributed by atoms with Crippen molar-refractivity contribution in [1.29, 1.82) is 0 Å². The van der Waals surface area contributed by atoms with Crippen molar-refractivity contribution in [1.82, 2.24) is 20.1 Å². The largest absolute Gasteiger partial charge is 0.469 e. The lowest BCUT2D eigenvalue weighted by Gasteiger charge is -2.07. The van der Waals surface area contributed by atoms with Gasteiger partial charge in [0.2, 0.25) is 5.91 Å². The molecule has 0 aliphatic carbocycles. The van der Waals surface area contributed by atoms with E-state index < -0.39 is 0 Å². The molecule has 0 aromatic carbocycles. The number of carbonyl (C=O) groups is 1. The van der Waals surface area contributed by atoms with Crippen molar-refractivity contribution >= 4 is 17.7 Å². The Hall–Kier alpha value is -2.02. The molecule has 2 rings (SSSR count). The van der Waals surface area contributed by atoms with Gasteiger partial charge in [0, 0.05) is 13.1 Å². The number of thioether (sulfide) groups is 1. The Morgan fingerprint density at radius 3 is 3.00 bits per heavy atom. The number of aromatic nitrogens is 3. The molecule has 21 heavy (non-hydrogen) atoms. The van der Waals surface area contributed by atoms with Crippen molar-refractivity contribution in [2.45, 2.75) is 25.5 Å². The van der Waals surface area contributed by atoms with Crippen molar-refractivity contribution in [3.8, 4) is 11.4 Å². The van der Waals surface area contributed by atoms with Gasteiger partial charge in [-0.15, -0.1) is 16.8 Å². The van der Waals surface area contributed by atoms with E-state index in [-0.39, 0.29) is 5.91 Å². The van der Waals surface area contributed by atoms with Gasteiger partial charge in [-0.3, -0.25) is 9.36 Å². The summed E-state index contributed by atoms with van der Waals surface area (Å²) in [6.07, 6.45) is 3.40. The second kappa shape index (κ2) is 7.12. The number of rotatable bonds is 7. The van der Waals surface area contributed by atoms with Crippen LogP contribution in [-0.4, -0.2) is 33.0 Å². The molecule has 1 N–H and O–H groups in total. The highest BCUT2D eigenvalue weighted by atomic mass is 32.2. The number of amides is 1. The number of aryl methyl sites for hydroxylation is 1. The fourth-order valence-electron chi connectivity index (χ4n) is 1.88. The number of carbonyl (C=O) groups excluding carboxylic acids is 1. The number of nitrogens with zero attached hydrogens (tertiary/aromatic N) is 3. The van der Waals surface area contributed by atoms with Crippen molar-refractivity contribution in [2.75, 3.05) is 12.3 Å². The molecule has 0 saturated heterocycles. The predicted molar refractivity (Wildman–Crippen MR) is 82.1 cm³/mol. The van der Waals surface area contributed by atoms with Crippen LogP contribution in [0, 0.1) is 6.92 Å². The smallest absolute Gasteiger partial charge is 0.230 e. The molecule has 7 heteroatoms. The Balaban J connectivity index is 2.23. The van der Waals surface area contributed by atoms with E-state index in [1.54, 1.807) is 12.3 Å². The fourth-order valence-corrected chi connectivity index (χ4v) is 2.66. The summed E-state index contributed by atoms with van der Waals surface area (Å²) in [5.41, 5.74) is 0.897. The zero-order chi connectivity index (χ0) is 15.2. The quantitative estimate of drug-likeness (QED) is 0.627. The molecule has 0 saturated carbocycles. The molecule has 2 heterocycles. The SMILES string of the molecule is C=CCn1c(SCC(=O)NCC)nnc1-c1ccoc1C. The maximum atomic E-state index is 11.6. The van der Waals surface area contributed by atoms with Gasteiger partial charge in [0.25, 0.3) is 0 Å². The second-order valence-corrected chi connectivity index (χ2v) is 5.28. The lowest BCUT2D eigenvalue weighted by atomic mass is 10.2. The molecule has 112 valence electrons. The van der Waals surface area contributed by atoms with Gasteiger partial charge in [0.1, 0.15) is 5.76 Å². The van der Waals surface area contributed by atoms with Crippen LogP contribution < -0.4 is 5.32 Å². The second-order valence-electron chi connectivity index (χ2n) is 4.34. The Morgan fingerprint density at radius 1 is 1.57 bits per heavy atom. The first kappa shape index (κ1) is 15.4. The highest BCUT2D eigenvalue weighted by Gasteiger charge is 2.17. The number of hydrogen-bond acceptors (Lipinski definition) is 5. The van der Waals surface area contributed by atoms with Gasteiger partial charge in [-0.05, 0) is 19.9 Å². The van der Waals surface area contributed by atoms with E-state index in [1.807, 2.05) is 24.5 Å². The molecule has 0 spiro atoms. The normalized spacial score (nSPS) is 10.6. The van der Waals surface area contributed by atoms with E-state index in [0.29, 0.717) is 24.0 Å². The Morgan fingerprint density at radius 2 is 2.38 bits per heavy atom. The van der Waals surface area contributed by atoms with E-state index in [0.717, 1.165) is 17.1 Å². The monoisotopic (exact) mass is 306 g/mol. The van der Waals surface area contributed by atoms with Crippen LogP contribution in [0.5, 0.6) is 0 Å². The lowest BCUT2D eigenvalue weighted by Crippen LogP contribution is -2.24. The fraction of sp³-hybridized carbons (Fsp3) is 0.357. The van der Waals surface area contributed by atoms with E-state index in [9.17, 15) is 4.79 Å². The summed E-state index contributed by atoms with van der Waals surface area (Å²) < 4.78 is 7.24. The number of allylic oxidation sites excluding steroid dienone is 1. The molecule has 0 unspecified atom stereocenters. The summed E-state index contributed by atoms with van der Waals surface area (Å²) in [5.74, 6) is 1.80. The summed E-state index contributed by atoms with van der Waals surface area (Å²) in [5, 5.41) is 11.8. The first-order valence-corrected chi connectivity index (χ1v) is 7.64. The zero-order valence-electron chi connectivity index (χ0n) is 12.1. The average Bonchev–Trinajstić information content (AvgIpc) is 3.04. The molecular formula is C14H18N4O2S. The van der Waals surface area contributed by atoms with Gasteiger partial charge < -0.3 is 9.73 Å². The van der Waals surface area contributed by atoms with Gasteiger partial charge in [-0.1, -0.05) is 17.8 Å². The van der Waals surface area contributed by atoms with Crippen molar-refractivity contribution in [3.63, 3.8) is 0 Å². The summed E-state index contributed by atoms with van der Waals surface area (Å²) in [7, 11) is 0. The van der Waals surface area contributed by atoms with E-state index in [2.05, 4.69) is 22.1 Å². The van der Waals surface area contributed by atoms with E-state index >= 15 is 0 Å². The van der Waals surface area contributed by atoms with Crippen LogP contribution >= 0.6 is 11.8 Å². The Bertz CT molecular complexity index is 633. The number of furan rings is 1. The van der Waals surface area contributed by atoms with Crippen molar-refractivity contribution in [3.05, 3.63) is 30.7 Å². The van der Waals surface area contributed by atoms with Crippen LogP contribution in [0.1, 0.15) is 12.7 Å². The highest BCUT2D eigenvalue weighted by molar-refractivity contribution is 7.99. The molecule has 2 aromatic rings. The van der Waals surface area contributed by atoms with Crippen LogP contribution in [0.3, 0.4) is 0 Å². The Labute approximate surface area is 127 Å². The standard InChI is InChI=1S/C14H18N4O2S/c1-4-7-18-13(11-6-8-20-10(11)3)16-17-14(18)21-9-12(19)15-5-2/h4,6,8H,1,5,7,9H2,2-3H3,(H,15,19). The Kier molecular flexibility index (Phi) is 5.21. The zero-order valence-corrected chi connectivity index (χ0v) is 12.9. The van der Waals surface area contributed by atoms with Crippen LogP contribution in [0.25, 0.3) is 11.4 Å². The van der Waals surface area contributed by atoms with Gasteiger partial charge in [-0.25, -0.2) is 0 Å². The van der Waals surface area contributed by atoms with Crippen LogP contribution in [0.2, 0.25) is 0 Å².